The number of amides is 1. The Bertz CT molecular complexity index is 221. The minimum absolute atomic E-state index is 0.223. The molecular formula is C9H18N2OS2. The Kier molecular flexibility index (Phi) is 5.78. The number of thioether (sulfide) groups is 1. The lowest BCUT2D eigenvalue weighted by molar-refractivity contribution is -0.129. The van der Waals surface area contributed by atoms with E-state index in [0.29, 0.717) is 0 Å². The highest BCUT2D eigenvalue weighted by molar-refractivity contribution is 7.98. The lowest BCUT2D eigenvalue weighted by Gasteiger charge is -2.37. The van der Waals surface area contributed by atoms with Crippen LogP contribution in [0, 0.1) is 5.92 Å². The molecule has 0 bridgehead atoms. The van der Waals surface area contributed by atoms with Crippen molar-refractivity contribution in [2.45, 2.75) is 19.4 Å². The SMILES string of the molecule is CSCC(C)C(C)(C(=O)N=S)N(C)C. The molecule has 82 valence electrons. The van der Waals surface area contributed by atoms with E-state index in [1.165, 1.54) is 0 Å². The highest BCUT2D eigenvalue weighted by Crippen LogP contribution is 2.26. The Labute approximate surface area is 95.8 Å². The number of likely N-dealkylation sites (N-methyl/N-ethyl adjacent to an activating group) is 1. The fourth-order valence-corrected chi connectivity index (χ4v) is 2.36. The van der Waals surface area contributed by atoms with E-state index in [1.54, 1.807) is 11.8 Å². The second kappa shape index (κ2) is 5.78. The maximum atomic E-state index is 11.7. The van der Waals surface area contributed by atoms with Gasteiger partial charge in [0.05, 0.1) is 0 Å². The zero-order chi connectivity index (χ0) is 11.4. The van der Waals surface area contributed by atoms with Crippen LogP contribution in [-0.4, -0.2) is 42.4 Å². The molecule has 0 saturated heterocycles. The summed E-state index contributed by atoms with van der Waals surface area (Å²) in [4.78, 5) is 13.6. The van der Waals surface area contributed by atoms with Gasteiger partial charge in [-0.1, -0.05) is 6.92 Å². The third-order valence-electron chi connectivity index (χ3n) is 2.82. The van der Waals surface area contributed by atoms with Gasteiger partial charge in [0.1, 0.15) is 5.54 Å². The standard InChI is InChI=1S/C9H18N2OS2/c1-7(6-14-5)9(2,11(3)4)8(12)10-13/h7H,6H2,1-5H3. The van der Waals surface area contributed by atoms with Crippen molar-refractivity contribution in [1.29, 1.82) is 0 Å². The molecule has 5 heteroatoms. The van der Waals surface area contributed by atoms with Gasteiger partial charge in [-0.15, -0.1) is 4.36 Å². The average Bonchev–Trinajstić information content (AvgIpc) is 2.15. The molecule has 0 saturated carbocycles. The van der Waals surface area contributed by atoms with E-state index in [9.17, 15) is 4.79 Å². The average molecular weight is 234 g/mol. The normalized spacial score (nSPS) is 17.6. The van der Waals surface area contributed by atoms with E-state index in [4.69, 9.17) is 0 Å². The van der Waals surface area contributed by atoms with Gasteiger partial charge in [0.15, 0.2) is 0 Å². The van der Waals surface area contributed by atoms with Crippen LogP contribution in [0.15, 0.2) is 4.36 Å². The predicted molar refractivity (Wildman–Crippen MR) is 64.4 cm³/mol. The molecule has 1 amide bonds. The van der Waals surface area contributed by atoms with Crippen LogP contribution < -0.4 is 0 Å². The second-order valence-electron chi connectivity index (χ2n) is 3.79. The van der Waals surface area contributed by atoms with Gasteiger partial charge in [0, 0.05) is 12.4 Å². The molecule has 3 nitrogen and oxygen atoms in total. The van der Waals surface area contributed by atoms with Crippen LogP contribution in [0.4, 0.5) is 0 Å². The number of rotatable bonds is 5. The number of carbonyl (C=O) groups is 1. The number of nitrogens with zero attached hydrogens (tertiary/aromatic N) is 2. The molecule has 0 aliphatic rings. The maximum Gasteiger partial charge on any atom is 0.277 e. The Morgan fingerprint density at radius 3 is 2.43 bits per heavy atom. The third-order valence-corrected chi connectivity index (χ3v) is 3.82. The van der Waals surface area contributed by atoms with E-state index < -0.39 is 5.54 Å². The maximum absolute atomic E-state index is 11.7. The van der Waals surface area contributed by atoms with Crippen LogP contribution in [0.2, 0.25) is 0 Å². The largest absolute Gasteiger partial charge is 0.296 e. The molecule has 0 aromatic heterocycles. The van der Waals surface area contributed by atoms with Gasteiger partial charge in [-0.3, -0.25) is 9.69 Å². The van der Waals surface area contributed by atoms with E-state index in [1.807, 2.05) is 32.2 Å². The summed E-state index contributed by atoms with van der Waals surface area (Å²) in [5.41, 5.74) is -0.579. The molecule has 0 radical (unpaired) electrons. The fraction of sp³-hybridized carbons (Fsp3) is 0.889. The summed E-state index contributed by atoms with van der Waals surface area (Å²) < 4.78 is 3.38. The lowest BCUT2D eigenvalue weighted by atomic mass is 9.86. The van der Waals surface area contributed by atoms with Gasteiger partial charge >= 0.3 is 0 Å². The third kappa shape index (κ3) is 2.74. The molecule has 0 aliphatic heterocycles. The summed E-state index contributed by atoms with van der Waals surface area (Å²) in [6.07, 6.45) is 2.03. The van der Waals surface area contributed by atoms with Crippen molar-refractivity contribution in [2.24, 2.45) is 10.3 Å². The fourth-order valence-electron chi connectivity index (χ4n) is 1.35. The van der Waals surface area contributed by atoms with Crippen molar-refractivity contribution >= 4 is 30.1 Å². The van der Waals surface area contributed by atoms with Crippen molar-refractivity contribution in [3.05, 3.63) is 0 Å². The summed E-state index contributed by atoms with van der Waals surface area (Å²) in [6, 6.07) is 0. The highest BCUT2D eigenvalue weighted by Gasteiger charge is 2.40. The topological polar surface area (TPSA) is 32.7 Å². The van der Waals surface area contributed by atoms with Crippen molar-refractivity contribution in [3.63, 3.8) is 0 Å². The molecule has 0 heterocycles. The summed E-state index contributed by atoms with van der Waals surface area (Å²) in [5.74, 6) is 0.927. The van der Waals surface area contributed by atoms with Crippen LogP contribution in [0.25, 0.3) is 0 Å². The number of hydrogen-bond donors (Lipinski definition) is 0. The molecule has 2 atom stereocenters. The molecule has 14 heavy (non-hydrogen) atoms. The summed E-state index contributed by atoms with van der Waals surface area (Å²) in [7, 11) is 3.77. The smallest absolute Gasteiger partial charge is 0.277 e. The van der Waals surface area contributed by atoms with Crippen molar-refractivity contribution < 1.29 is 4.79 Å². The zero-order valence-corrected chi connectivity index (χ0v) is 11.0. The summed E-state index contributed by atoms with van der Waals surface area (Å²) >= 11 is 6.21. The molecule has 0 rings (SSSR count). The molecule has 0 N–H and O–H groups in total. The quantitative estimate of drug-likeness (QED) is 0.723. The Morgan fingerprint density at radius 2 is 2.14 bits per heavy atom. The van der Waals surface area contributed by atoms with Crippen LogP contribution in [-0.2, 0) is 17.2 Å². The van der Waals surface area contributed by atoms with Gasteiger partial charge in [-0.25, -0.2) is 0 Å². The molecular weight excluding hydrogens is 216 g/mol. The lowest BCUT2D eigenvalue weighted by Crippen LogP contribution is -2.53. The van der Waals surface area contributed by atoms with Crippen molar-refractivity contribution in [3.8, 4) is 0 Å². The van der Waals surface area contributed by atoms with Crippen LogP contribution in [0.1, 0.15) is 13.8 Å². The first-order valence-corrected chi connectivity index (χ1v) is 6.21. The van der Waals surface area contributed by atoms with Gasteiger partial charge in [0.2, 0.25) is 0 Å². The second-order valence-corrected chi connectivity index (χ2v) is 4.89. The summed E-state index contributed by atoms with van der Waals surface area (Å²) in [5, 5.41) is 0. The molecule has 2 unspecified atom stereocenters. The first-order valence-electron chi connectivity index (χ1n) is 4.45. The molecule has 0 aromatic carbocycles. The van der Waals surface area contributed by atoms with E-state index in [2.05, 4.69) is 23.7 Å². The van der Waals surface area contributed by atoms with E-state index in [0.717, 1.165) is 5.75 Å². The Balaban J connectivity index is 4.88. The van der Waals surface area contributed by atoms with E-state index >= 15 is 0 Å². The van der Waals surface area contributed by atoms with Crippen LogP contribution >= 0.6 is 11.8 Å². The molecule has 0 spiro atoms. The summed E-state index contributed by atoms with van der Waals surface area (Å²) in [6.45, 7) is 3.95. The van der Waals surface area contributed by atoms with E-state index in [-0.39, 0.29) is 11.8 Å². The minimum Gasteiger partial charge on any atom is -0.296 e. The van der Waals surface area contributed by atoms with Crippen molar-refractivity contribution in [1.82, 2.24) is 4.90 Å². The van der Waals surface area contributed by atoms with Gasteiger partial charge < -0.3 is 0 Å². The molecule has 0 aromatic rings. The van der Waals surface area contributed by atoms with Gasteiger partial charge in [0.25, 0.3) is 5.91 Å². The molecule has 0 aliphatic carbocycles. The predicted octanol–water partition coefficient (Wildman–Crippen LogP) is 1.56. The highest BCUT2D eigenvalue weighted by atomic mass is 32.2. The monoisotopic (exact) mass is 234 g/mol. The Hall–Kier alpha value is -0.0000000000000000486. The van der Waals surface area contributed by atoms with Gasteiger partial charge in [-0.05, 0) is 38.9 Å². The Morgan fingerprint density at radius 1 is 1.64 bits per heavy atom. The first kappa shape index (κ1) is 14.0. The van der Waals surface area contributed by atoms with Crippen LogP contribution in [0.5, 0.6) is 0 Å². The number of hydrogen-bond acceptors (Lipinski definition) is 4. The van der Waals surface area contributed by atoms with Crippen LogP contribution in [0.3, 0.4) is 0 Å². The molecule has 0 fully saturated rings. The number of carbonyl (C=O) groups excluding carboxylic acids is 1. The van der Waals surface area contributed by atoms with Gasteiger partial charge in [-0.2, -0.15) is 11.8 Å². The first-order chi connectivity index (χ1) is 6.41. The minimum atomic E-state index is -0.579. The van der Waals surface area contributed by atoms with Crippen molar-refractivity contribution in [2.75, 3.05) is 26.1 Å². The zero-order valence-electron chi connectivity index (χ0n) is 9.40.